The van der Waals surface area contributed by atoms with Crippen molar-refractivity contribution in [2.75, 3.05) is 5.32 Å². The fraction of sp³-hybridized carbons (Fsp3) is 0.0417. The van der Waals surface area contributed by atoms with E-state index in [1.165, 1.54) is 6.21 Å². The summed E-state index contributed by atoms with van der Waals surface area (Å²) in [5.41, 5.74) is 4.96. The molecule has 3 aromatic carbocycles. The molecular weight excluding hydrogens is 414 g/mol. The molecule has 3 N–H and O–H groups in total. The number of hydrogen-bond acceptors (Lipinski definition) is 4. The predicted molar refractivity (Wildman–Crippen MR) is 123 cm³/mol. The van der Waals surface area contributed by atoms with Crippen molar-refractivity contribution in [3.63, 3.8) is 0 Å². The molecule has 0 atom stereocenters. The Kier molecular flexibility index (Phi) is 7.19. The minimum Gasteiger partial charge on any atom is -0.507 e. The van der Waals surface area contributed by atoms with Crippen LogP contribution in [0, 0.1) is 0 Å². The molecule has 7 heteroatoms. The number of para-hydroxylation sites is 1. The number of benzene rings is 3. The highest BCUT2D eigenvalue weighted by atomic mass is 35.5. The third-order valence-corrected chi connectivity index (χ3v) is 4.61. The van der Waals surface area contributed by atoms with Crippen LogP contribution in [0.25, 0.3) is 0 Å². The van der Waals surface area contributed by atoms with Crippen LogP contribution >= 0.6 is 11.6 Å². The van der Waals surface area contributed by atoms with Gasteiger partial charge < -0.3 is 10.4 Å². The Morgan fingerprint density at radius 2 is 1.74 bits per heavy atom. The predicted octanol–water partition coefficient (Wildman–Crippen LogP) is 4.79. The number of nitrogens with zero attached hydrogens (tertiary/aromatic N) is 1. The van der Waals surface area contributed by atoms with Gasteiger partial charge in [-0.15, -0.1) is 6.58 Å². The number of amides is 2. The molecule has 0 aliphatic rings. The molecule has 2 amide bonds. The maximum Gasteiger partial charge on any atom is 0.271 e. The van der Waals surface area contributed by atoms with Gasteiger partial charge in [-0.2, -0.15) is 5.10 Å². The zero-order chi connectivity index (χ0) is 22.2. The fourth-order valence-corrected chi connectivity index (χ4v) is 2.99. The highest BCUT2D eigenvalue weighted by molar-refractivity contribution is 6.31. The van der Waals surface area contributed by atoms with Crippen LogP contribution in [0.4, 0.5) is 5.69 Å². The molecular formula is C24H20ClN3O3. The van der Waals surface area contributed by atoms with E-state index >= 15 is 0 Å². The molecule has 0 spiro atoms. The number of anilines is 1. The molecule has 6 nitrogen and oxygen atoms in total. The van der Waals surface area contributed by atoms with Crippen molar-refractivity contribution >= 4 is 35.3 Å². The Balaban J connectivity index is 1.60. The van der Waals surface area contributed by atoms with E-state index in [0.717, 1.165) is 5.56 Å². The van der Waals surface area contributed by atoms with E-state index < -0.39 is 5.91 Å². The third kappa shape index (κ3) is 5.81. The Morgan fingerprint density at radius 1 is 1.00 bits per heavy atom. The van der Waals surface area contributed by atoms with E-state index in [1.54, 1.807) is 72.8 Å². The minimum atomic E-state index is -0.425. The van der Waals surface area contributed by atoms with Gasteiger partial charge in [0.2, 0.25) is 0 Å². The molecule has 3 aromatic rings. The Hall–Kier alpha value is -3.90. The van der Waals surface area contributed by atoms with Crippen LogP contribution < -0.4 is 10.7 Å². The topological polar surface area (TPSA) is 90.8 Å². The van der Waals surface area contributed by atoms with E-state index in [4.69, 9.17) is 11.6 Å². The number of rotatable bonds is 7. The first kappa shape index (κ1) is 21.8. The van der Waals surface area contributed by atoms with Crippen LogP contribution in [-0.4, -0.2) is 23.1 Å². The van der Waals surface area contributed by atoms with Gasteiger partial charge in [-0.05, 0) is 60.5 Å². The van der Waals surface area contributed by atoms with E-state index in [9.17, 15) is 14.7 Å². The Bertz CT molecular complexity index is 1140. The fourth-order valence-electron chi connectivity index (χ4n) is 2.80. The largest absolute Gasteiger partial charge is 0.507 e. The van der Waals surface area contributed by atoms with Crippen molar-refractivity contribution in [1.29, 1.82) is 0 Å². The van der Waals surface area contributed by atoms with Gasteiger partial charge in [-0.3, -0.25) is 9.59 Å². The molecule has 0 aliphatic heterocycles. The van der Waals surface area contributed by atoms with Crippen LogP contribution in [0.3, 0.4) is 0 Å². The summed E-state index contributed by atoms with van der Waals surface area (Å²) in [5.74, 6) is -0.631. The second kappa shape index (κ2) is 10.2. The Morgan fingerprint density at radius 3 is 2.45 bits per heavy atom. The van der Waals surface area contributed by atoms with Crippen molar-refractivity contribution in [3.8, 4) is 5.75 Å². The van der Waals surface area contributed by atoms with Crippen LogP contribution in [0.15, 0.2) is 84.5 Å². The van der Waals surface area contributed by atoms with Gasteiger partial charge in [-0.25, -0.2) is 5.43 Å². The average Bonchev–Trinajstić information content (AvgIpc) is 2.77. The minimum absolute atomic E-state index is 0.0974. The van der Waals surface area contributed by atoms with Crippen LogP contribution in [0.1, 0.15) is 31.8 Å². The van der Waals surface area contributed by atoms with Gasteiger partial charge in [0.05, 0.1) is 6.21 Å². The molecule has 0 saturated carbocycles. The lowest BCUT2D eigenvalue weighted by Crippen LogP contribution is -2.18. The van der Waals surface area contributed by atoms with E-state index in [2.05, 4.69) is 22.4 Å². The lowest BCUT2D eigenvalue weighted by molar-refractivity contribution is 0.0954. The number of aromatic hydroxyl groups is 1. The van der Waals surface area contributed by atoms with Gasteiger partial charge in [0.15, 0.2) is 0 Å². The van der Waals surface area contributed by atoms with Gasteiger partial charge in [-0.1, -0.05) is 35.9 Å². The van der Waals surface area contributed by atoms with E-state index in [0.29, 0.717) is 33.8 Å². The number of nitrogens with one attached hydrogen (secondary N) is 2. The molecule has 0 heterocycles. The van der Waals surface area contributed by atoms with Crippen molar-refractivity contribution in [2.24, 2.45) is 5.10 Å². The summed E-state index contributed by atoms with van der Waals surface area (Å²) >= 11 is 5.90. The summed E-state index contributed by atoms with van der Waals surface area (Å²) in [6.07, 6.45) is 3.60. The van der Waals surface area contributed by atoms with Crippen molar-refractivity contribution < 1.29 is 14.7 Å². The molecule has 0 fully saturated rings. The van der Waals surface area contributed by atoms with Gasteiger partial charge >= 0.3 is 0 Å². The maximum absolute atomic E-state index is 12.3. The number of halogens is 1. The van der Waals surface area contributed by atoms with Crippen molar-refractivity contribution in [1.82, 2.24) is 5.43 Å². The summed E-state index contributed by atoms with van der Waals surface area (Å²) in [6, 6.07) is 18.3. The lowest BCUT2D eigenvalue weighted by Gasteiger charge is -2.07. The molecule has 0 aliphatic carbocycles. The van der Waals surface area contributed by atoms with E-state index in [1.807, 2.05) is 0 Å². The summed E-state index contributed by atoms with van der Waals surface area (Å²) in [4.78, 5) is 24.5. The number of hydrazone groups is 1. The zero-order valence-corrected chi connectivity index (χ0v) is 17.3. The third-order valence-electron chi connectivity index (χ3n) is 4.38. The second-order valence-electron chi connectivity index (χ2n) is 6.59. The molecule has 0 saturated heterocycles. The van der Waals surface area contributed by atoms with Crippen molar-refractivity contribution in [3.05, 3.63) is 107 Å². The van der Waals surface area contributed by atoms with Crippen molar-refractivity contribution in [2.45, 2.75) is 6.42 Å². The highest BCUT2D eigenvalue weighted by Gasteiger charge is 2.09. The number of carbonyl (C=O) groups excluding carboxylic acids is 2. The van der Waals surface area contributed by atoms with Crippen LogP contribution in [-0.2, 0) is 6.42 Å². The van der Waals surface area contributed by atoms with Crippen LogP contribution in [0.2, 0.25) is 5.02 Å². The summed E-state index contributed by atoms with van der Waals surface area (Å²) in [6.45, 7) is 3.66. The molecule has 3 rings (SSSR count). The SMILES string of the molecule is C=CCc1cccc(/C=N/NC(=O)c2ccc(NC(=O)c3cccc(Cl)c3)cc2)c1O. The molecule has 0 unspecified atom stereocenters. The normalized spacial score (nSPS) is 10.6. The first-order chi connectivity index (χ1) is 15.0. The van der Waals surface area contributed by atoms with E-state index in [-0.39, 0.29) is 11.7 Å². The molecule has 156 valence electrons. The van der Waals surface area contributed by atoms with Gasteiger partial charge in [0.1, 0.15) is 5.75 Å². The summed E-state index contributed by atoms with van der Waals surface area (Å²) in [5, 5.41) is 17.3. The number of phenols is 1. The maximum atomic E-state index is 12.3. The monoisotopic (exact) mass is 433 g/mol. The first-order valence-corrected chi connectivity index (χ1v) is 9.78. The summed E-state index contributed by atoms with van der Waals surface area (Å²) in [7, 11) is 0. The lowest BCUT2D eigenvalue weighted by atomic mass is 10.1. The number of carbonyl (C=O) groups is 2. The molecule has 0 aromatic heterocycles. The zero-order valence-electron chi connectivity index (χ0n) is 16.5. The standard InChI is InChI=1S/C24H20ClN3O3/c1-2-5-16-6-3-8-19(22(16)29)15-26-28-24(31)17-10-12-21(13-11-17)27-23(30)18-7-4-9-20(25)14-18/h2-4,6-15,29H,1,5H2,(H,27,30)(H,28,31)/b26-15+. The molecule has 0 radical (unpaired) electrons. The van der Waals surface area contributed by atoms with Crippen LogP contribution in [0.5, 0.6) is 5.75 Å². The highest BCUT2D eigenvalue weighted by Crippen LogP contribution is 2.21. The average molecular weight is 434 g/mol. The number of phenolic OH excluding ortho intramolecular Hbond substituents is 1. The molecule has 31 heavy (non-hydrogen) atoms. The first-order valence-electron chi connectivity index (χ1n) is 9.40. The summed E-state index contributed by atoms with van der Waals surface area (Å²) < 4.78 is 0. The Labute approximate surface area is 184 Å². The number of hydrogen-bond donors (Lipinski definition) is 3. The quantitative estimate of drug-likeness (QED) is 0.284. The molecule has 0 bridgehead atoms. The second-order valence-corrected chi connectivity index (χ2v) is 7.03. The van der Waals surface area contributed by atoms with Gasteiger partial charge in [0, 0.05) is 27.4 Å². The number of allylic oxidation sites excluding steroid dienone is 1. The smallest absolute Gasteiger partial charge is 0.271 e. The van der Waals surface area contributed by atoms with Gasteiger partial charge in [0.25, 0.3) is 11.8 Å².